The molecule has 17 heavy (non-hydrogen) atoms. The molecule has 2 heteroatoms. The van der Waals surface area contributed by atoms with Crippen LogP contribution in [0.2, 0.25) is 0 Å². The minimum absolute atomic E-state index is 0.433. The van der Waals surface area contributed by atoms with Crippen LogP contribution < -0.4 is 10.6 Å². The SMILES string of the molecule is CC1(NCC2CCCCCCN2)CCCCC1. The third kappa shape index (κ3) is 4.59. The standard InChI is InChI=1S/C15H30N2/c1-15(10-6-4-7-11-15)17-13-14-9-5-2-3-8-12-16-14/h14,16-17H,2-13H2,1H3. The van der Waals surface area contributed by atoms with Crippen molar-refractivity contribution in [3.05, 3.63) is 0 Å². The zero-order chi connectivity index (χ0) is 12.0. The quantitative estimate of drug-likeness (QED) is 0.789. The Morgan fingerprint density at radius 2 is 1.71 bits per heavy atom. The van der Waals surface area contributed by atoms with Crippen molar-refractivity contribution in [1.29, 1.82) is 0 Å². The van der Waals surface area contributed by atoms with Crippen LogP contribution in [0.5, 0.6) is 0 Å². The second-order valence-electron chi connectivity index (χ2n) is 6.36. The van der Waals surface area contributed by atoms with Crippen molar-refractivity contribution in [3.8, 4) is 0 Å². The van der Waals surface area contributed by atoms with E-state index in [1.165, 1.54) is 77.3 Å². The second kappa shape index (κ2) is 6.75. The molecule has 0 radical (unpaired) electrons. The Balaban J connectivity index is 1.71. The van der Waals surface area contributed by atoms with Crippen LogP contribution in [0, 0.1) is 0 Å². The third-order valence-electron chi connectivity index (χ3n) is 4.64. The van der Waals surface area contributed by atoms with Crippen molar-refractivity contribution in [2.45, 2.75) is 82.7 Å². The van der Waals surface area contributed by atoms with Gasteiger partial charge in [-0.15, -0.1) is 0 Å². The Hall–Kier alpha value is -0.0800. The van der Waals surface area contributed by atoms with Gasteiger partial charge in [0, 0.05) is 18.1 Å². The van der Waals surface area contributed by atoms with Gasteiger partial charge < -0.3 is 10.6 Å². The Kier molecular flexibility index (Phi) is 5.30. The van der Waals surface area contributed by atoms with Gasteiger partial charge in [-0.1, -0.05) is 38.5 Å². The Bertz CT molecular complexity index is 201. The Morgan fingerprint density at radius 1 is 1.00 bits per heavy atom. The maximum atomic E-state index is 3.85. The minimum Gasteiger partial charge on any atom is -0.313 e. The highest BCUT2D eigenvalue weighted by Crippen LogP contribution is 2.27. The van der Waals surface area contributed by atoms with Gasteiger partial charge in [-0.05, 0) is 39.2 Å². The predicted octanol–water partition coefficient (Wildman–Crippen LogP) is 3.22. The summed E-state index contributed by atoms with van der Waals surface area (Å²) in [4.78, 5) is 0. The smallest absolute Gasteiger partial charge is 0.0192 e. The van der Waals surface area contributed by atoms with Crippen molar-refractivity contribution in [3.63, 3.8) is 0 Å². The summed E-state index contributed by atoms with van der Waals surface area (Å²) < 4.78 is 0. The fourth-order valence-electron chi connectivity index (χ4n) is 3.33. The first-order chi connectivity index (χ1) is 8.29. The average Bonchev–Trinajstić information content (AvgIpc) is 2.28. The zero-order valence-corrected chi connectivity index (χ0v) is 11.6. The van der Waals surface area contributed by atoms with Crippen molar-refractivity contribution < 1.29 is 0 Å². The highest BCUT2D eigenvalue weighted by Gasteiger charge is 2.26. The van der Waals surface area contributed by atoms with Crippen LogP contribution in [0.1, 0.15) is 71.1 Å². The van der Waals surface area contributed by atoms with E-state index in [1.54, 1.807) is 0 Å². The van der Waals surface area contributed by atoms with E-state index >= 15 is 0 Å². The summed E-state index contributed by atoms with van der Waals surface area (Å²) in [7, 11) is 0. The summed E-state index contributed by atoms with van der Waals surface area (Å²) in [5, 5.41) is 7.57. The molecular formula is C15H30N2. The minimum atomic E-state index is 0.433. The monoisotopic (exact) mass is 238 g/mol. The number of hydrogen-bond donors (Lipinski definition) is 2. The number of rotatable bonds is 3. The van der Waals surface area contributed by atoms with E-state index in [1.807, 2.05) is 0 Å². The van der Waals surface area contributed by atoms with Crippen LogP contribution in [0.25, 0.3) is 0 Å². The van der Waals surface area contributed by atoms with Crippen LogP contribution in [0.4, 0.5) is 0 Å². The van der Waals surface area contributed by atoms with E-state index in [0.29, 0.717) is 11.6 Å². The molecule has 2 rings (SSSR count). The molecule has 100 valence electrons. The Morgan fingerprint density at radius 3 is 2.53 bits per heavy atom. The Labute approximate surface area is 107 Å². The van der Waals surface area contributed by atoms with E-state index in [2.05, 4.69) is 17.6 Å². The molecule has 2 N–H and O–H groups in total. The fraction of sp³-hybridized carbons (Fsp3) is 1.00. The van der Waals surface area contributed by atoms with Gasteiger partial charge in [-0.3, -0.25) is 0 Å². The number of nitrogens with one attached hydrogen (secondary N) is 2. The molecule has 1 saturated heterocycles. The lowest BCUT2D eigenvalue weighted by molar-refractivity contribution is 0.239. The molecular weight excluding hydrogens is 208 g/mol. The van der Waals surface area contributed by atoms with Crippen molar-refractivity contribution in [2.75, 3.05) is 13.1 Å². The van der Waals surface area contributed by atoms with Crippen molar-refractivity contribution in [2.24, 2.45) is 0 Å². The molecule has 1 aliphatic carbocycles. The van der Waals surface area contributed by atoms with Crippen LogP contribution >= 0.6 is 0 Å². The molecule has 0 aromatic rings. The summed E-state index contributed by atoms with van der Waals surface area (Å²) in [6, 6.07) is 0.717. The first-order valence-corrected chi connectivity index (χ1v) is 7.77. The summed E-state index contributed by atoms with van der Waals surface area (Å²) in [6.07, 6.45) is 14.0. The van der Waals surface area contributed by atoms with Gasteiger partial charge in [-0.2, -0.15) is 0 Å². The normalized spacial score (nSPS) is 30.5. The third-order valence-corrected chi connectivity index (χ3v) is 4.64. The van der Waals surface area contributed by atoms with Crippen LogP contribution in [-0.4, -0.2) is 24.7 Å². The van der Waals surface area contributed by atoms with Crippen molar-refractivity contribution >= 4 is 0 Å². The van der Waals surface area contributed by atoms with E-state index in [9.17, 15) is 0 Å². The first kappa shape index (κ1) is 13.4. The van der Waals surface area contributed by atoms with Crippen LogP contribution in [-0.2, 0) is 0 Å². The number of hydrogen-bond acceptors (Lipinski definition) is 2. The molecule has 1 unspecified atom stereocenters. The van der Waals surface area contributed by atoms with Gasteiger partial charge in [0.2, 0.25) is 0 Å². The molecule has 1 aliphatic heterocycles. The topological polar surface area (TPSA) is 24.1 Å². The van der Waals surface area contributed by atoms with E-state index in [-0.39, 0.29) is 0 Å². The molecule has 1 heterocycles. The highest BCUT2D eigenvalue weighted by molar-refractivity contribution is 4.88. The van der Waals surface area contributed by atoms with Crippen LogP contribution in [0.15, 0.2) is 0 Å². The average molecular weight is 238 g/mol. The van der Waals surface area contributed by atoms with Gasteiger partial charge in [0.15, 0.2) is 0 Å². The molecule has 2 fully saturated rings. The molecule has 2 nitrogen and oxygen atoms in total. The second-order valence-corrected chi connectivity index (χ2v) is 6.36. The molecule has 0 aromatic heterocycles. The summed E-state index contributed by atoms with van der Waals surface area (Å²) >= 11 is 0. The summed E-state index contributed by atoms with van der Waals surface area (Å²) in [5.74, 6) is 0. The molecule has 0 amide bonds. The first-order valence-electron chi connectivity index (χ1n) is 7.77. The largest absolute Gasteiger partial charge is 0.313 e. The molecule has 1 saturated carbocycles. The van der Waals surface area contributed by atoms with E-state index in [0.717, 1.165) is 0 Å². The summed E-state index contributed by atoms with van der Waals surface area (Å²) in [5.41, 5.74) is 0.433. The van der Waals surface area contributed by atoms with Gasteiger partial charge in [0.25, 0.3) is 0 Å². The van der Waals surface area contributed by atoms with E-state index < -0.39 is 0 Å². The molecule has 0 bridgehead atoms. The molecule has 2 aliphatic rings. The lowest BCUT2D eigenvalue weighted by Crippen LogP contribution is -2.50. The van der Waals surface area contributed by atoms with E-state index in [4.69, 9.17) is 0 Å². The maximum absolute atomic E-state index is 3.85. The molecule has 0 aromatic carbocycles. The van der Waals surface area contributed by atoms with Gasteiger partial charge >= 0.3 is 0 Å². The maximum Gasteiger partial charge on any atom is 0.0192 e. The van der Waals surface area contributed by atoms with Crippen molar-refractivity contribution in [1.82, 2.24) is 10.6 Å². The molecule has 1 atom stereocenters. The van der Waals surface area contributed by atoms with Gasteiger partial charge in [-0.25, -0.2) is 0 Å². The van der Waals surface area contributed by atoms with Gasteiger partial charge in [0.05, 0.1) is 0 Å². The van der Waals surface area contributed by atoms with Crippen LogP contribution in [0.3, 0.4) is 0 Å². The molecule has 0 spiro atoms. The predicted molar refractivity (Wildman–Crippen MR) is 74.4 cm³/mol. The lowest BCUT2D eigenvalue weighted by atomic mass is 9.83. The highest BCUT2D eigenvalue weighted by atomic mass is 15.0. The van der Waals surface area contributed by atoms with Gasteiger partial charge in [0.1, 0.15) is 0 Å². The fourth-order valence-corrected chi connectivity index (χ4v) is 3.33. The zero-order valence-electron chi connectivity index (χ0n) is 11.6. The summed E-state index contributed by atoms with van der Waals surface area (Å²) in [6.45, 7) is 4.83. The lowest BCUT2D eigenvalue weighted by Gasteiger charge is -2.36.